The molecule has 2 amide bonds. The lowest BCUT2D eigenvalue weighted by Crippen LogP contribution is -2.69. The zero-order valence-corrected chi connectivity index (χ0v) is 22.5. The maximum atomic E-state index is 14.3. The first-order valence-electron chi connectivity index (χ1n) is 12.7. The van der Waals surface area contributed by atoms with Crippen LogP contribution in [0.1, 0.15) is 109 Å². The average Bonchev–Trinajstić information content (AvgIpc) is 2.99. The molecule has 2 aliphatic rings. The minimum Gasteiger partial charge on any atom is -0.289 e. The van der Waals surface area contributed by atoms with Crippen LogP contribution in [0.2, 0.25) is 0 Å². The van der Waals surface area contributed by atoms with E-state index in [-0.39, 0.29) is 29.6 Å². The molecule has 1 saturated heterocycles. The van der Waals surface area contributed by atoms with Crippen LogP contribution in [-0.2, 0) is 15.0 Å². The molecule has 2 aromatic carbocycles. The number of rotatable bonds is 4. The summed E-state index contributed by atoms with van der Waals surface area (Å²) in [4.78, 5) is 32.3. The number of carbonyl (C=O) groups excluding carboxylic acids is 2. The van der Waals surface area contributed by atoms with Crippen LogP contribution >= 0.6 is 0 Å². The van der Waals surface area contributed by atoms with E-state index in [1.54, 1.807) is 13.8 Å². The quantitative estimate of drug-likeness (QED) is 0.457. The van der Waals surface area contributed by atoms with Crippen molar-refractivity contribution in [1.29, 1.82) is 0 Å². The highest BCUT2D eigenvalue weighted by Crippen LogP contribution is 2.55. The van der Waals surface area contributed by atoms with E-state index in [0.29, 0.717) is 0 Å². The van der Waals surface area contributed by atoms with Crippen molar-refractivity contribution < 1.29 is 9.59 Å². The first-order valence-corrected chi connectivity index (χ1v) is 12.7. The van der Waals surface area contributed by atoms with Crippen molar-refractivity contribution in [2.75, 3.05) is 9.80 Å². The lowest BCUT2D eigenvalue weighted by atomic mass is 9.78. The number of fused-ring (bicyclic) bond motifs is 3. The summed E-state index contributed by atoms with van der Waals surface area (Å²) in [6.07, 6.45) is -0.409. The predicted molar refractivity (Wildman–Crippen MR) is 141 cm³/mol. The Bertz CT molecular complexity index is 1130. The van der Waals surface area contributed by atoms with Crippen molar-refractivity contribution in [2.45, 2.75) is 98.6 Å². The van der Waals surface area contributed by atoms with Gasteiger partial charge in [-0.25, -0.2) is 0 Å². The summed E-state index contributed by atoms with van der Waals surface area (Å²) in [6.45, 7) is 21.0. The van der Waals surface area contributed by atoms with Gasteiger partial charge in [-0.2, -0.15) is 0 Å². The Morgan fingerprint density at radius 2 is 1.03 bits per heavy atom. The minimum absolute atomic E-state index is 0.105. The number of hydrogen-bond donors (Lipinski definition) is 0. The molecule has 0 saturated carbocycles. The van der Waals surface area contributed by atoms with Gasteiger partial charge in [0.2, 0.25) is 11.8 Å². The normalized spacial score (nSPS) is 21.0. The topological polar surface area (TPSA) is 40.6 Å². The largest absolute Gasteiger partial charge is 0.289 e. The number of hydrogen-bond acceptors (Lipinski definition) is 2. The zero-order chi connectivity index (χ0) is 25.3. The van der Waals surface area contributed by atoms with Crippen molar-refractivity contribution in [1.82, 2.24) is 0 Å². The Labute approximate surface area is 205 Å². The Balaban J connectivity index is 2.10. The van der Waals surface area contributed by atoms with Gasteiger partial charge in [-0.1, -0.05) is 91.8 Å². The smallest absolute Gasteiger partial charge is 0.243 e. The minimum atomic E-state index is -1.16. The first kappa shape index (κ1) is 24.5. The molecule has 1 fully saturated rings. The second-order valence-corrected chi connectivity index (χ2v) is 12.1. The van der Waals surface area contributed by atoms with Crippen LogP contribution in [0.5, 0.6) is 0 Å². The molecule has 34 heavy (non-hydrogen) atoms. The highest BCUT2D eigenvalue weighted by atomic mass is 16.2. The molecule has 0 N–H and O–H groups in total. The molecule has 0 spiro atoms. The molecule has 2 aromatic rings. The predicted octanol–water partition coefficient (Wildman–Crippen LogP) is 7.08. The summed E-state index contributed by atoms with van der Waals surface area (Å²) in [5, 5.41) is 0. The fourth-order valence-corrected chi connectivity index (χ4v) is 5.87. The lowest BCUT2D eigenvalue weighted by Gasteiger charge is -2.51. The fraction of sp³-hybridized carbons (Fsp3) is 0.533. The summed E-state index contributed by atoms with van der Waals surface area (Å²) >= 11 is 0. The second kappa shape index (κ2) is 7.96. The molecule has 2 heterocycles. The highest BCUT2D eigenvalue weighted by Gasteiger charge is 2.61. The molecular weight excluding hydrogens is 420 g/mol. The van der Waals surface area contributed by atoms with Gasteiger partial charge in [-0.05, 0) is 53.9 Å². The van der Waals surface area contributed by atoms with Crippen LogP contribution in [0.15, 0.2) is 36.4 Å². The van der Waals surface area contributed by atoms with Gasteiger partial charge in [0.25, 0.3) is 0 Å². The second-order valence-electron chi connectivity index (χ2n) is 12.1. The molecular formula is C30H40N2O2. The van der Waals surface area contributed by atoms with E-state index in [0.717, 1.165) is 33.6 Å². The molecule has 4 nitrogen and oxygen atoms in total. The molecule has 0 radical (unpaired) electrons. The van der Waals surface area contributed by atoms with Gasteiger partial charge in [0.1, 0.15) is 11.6 Å². The molecule has 4 heteroatoms. The molecule has 0 aromatic heterocycles. The number of nitrogens with zero attached hydrogens (tertiary/aromatic N) is 2. The summed E-state index contributed by atoms with van der Waals surface area (Å²) in [5.41, 5.74) is 5.00. The molecule has 0 unspecified atom stereocenters. The summed E-state index contributed by atoms with van der Waals surface area (Å²) in [5.74, 6) is 0.538. The third-order valence-corrected chi connectivity index (χ3v) is 7.85. The highest BCUT2D eigenvalue weighted by molar-refractivity contribution is 6.21. The SMILES string of the molecule is CC(C)c1cccc(C(C)C)c1N1C(=O)C(C)(C)C(=O)N2c3c(C(C)C)cccc3C(C)(C)[C@H]12. The third-order valence-electron chi connectivity index (χ3n) is 7.85. The molecule has 0 aliphatic carbocycles. The number of amides is 2. The van der Waals surface area contributed by atoms with Crippen LogP contribution in [0.4, 0.5) is 11.4 Å². The Hall–Kier alpha value is -2.62. The third kappa shape index (κ3) is 3.25. The van der Waals surface area contributed by atoms with Gasteiger partial charge in [-0.15, -0.1) is 0 Å². The van der Waals surface area contributed by atoms with Crippen LogP contribution in [0.25, 0.3) is 0 Å². The fourth-order valence-electron chi connectivity index (χ4n) is 5.87. The Morgan fingerprint density at radius 3 is 1.47 bits per heavy atom. The molecule has 4 rings (SSSR count). The summed E-state index contributed by atoms with van der Waals surface area (Å²) < 4.78 is 0. The van der Waals surface area contributed by atoms with Gasteiger partial charge in [0, 0.05) is 5.41 Å². The first-order chi connectivity index (χ1) is 15.7. The molecule has 182 valence electrons. The Morgan fingerprint density at radius 1 is 0.647 bits per heavy atom. The van der Waals surface area contributed by atoms with E-state index in [2.05, 4.69) is 91.8 Å². The maximum Gasteiger partial charge on any atom is 0.243 e. The molecule has 2 aliphatic heterocycles. The van der Waals surface area contributed by atoms with Crippen molar-refractivity contribution >= 4 is 23.2 Å². The number of carbonyl (C=O) groups is 2. The van der Waals surface area contributed by atoms with Crippen LogP contribution < -0.4 is 9.80 Å². The van der Waals surface area contributed by atoms with Crippen molar-refractivity contribution in [3.8, 4) is 0 Å². The van der Waals surface area contributed by atoms with E-state index in [1.807, 2.05) is 9.80 Å². The van der Waals surface area contributed by atoms with E-state index < -0.39 is 17.0 Å². The molecule has 0 bridgehead atoms. The van der Waals surface area contributed by atoms with E-state index in [9.17, 15) is 9.59 Å². The van der Waals surface area contributed by atoms with Crippen molar-refractivity contribution in [2.24, 2.45) is 5.41 Å². The van der Waals surface area contributed by atoms with Crippen molar-refractivity contribution in [3.05, 3.63) is 58.7 Å². The Kier molecular flexibility index (Phi) is 5.74. The van der Waals surface area contributed by atoms with Crippen molar-refractivity contribution in [3.63, 3.8) is 0 Å². The zero-order valence-electron chi connectivity index (χ0n) is 22.5. The van der Waals surface area contributed by atoms with Gasteiger partial charge < -0.3 is 0 Å². The summed E-state index contributed by atoms with van der Waals surface area (Å²) in [6, 6.07) is 12.7. The van der Waals surface area contributed by atoms with E-state index in [1.165, 1.54) is 0 Å². The van der Waals surface area contributed by atoms with Crippen LogP contribution in [0.3, 0.4) is 0 Å². The van der Waals surface area contributed by atoms with E-state index >= 15 is 0 Å². The van der Waals surface area contributed by atoms with Gasteiger partial charge >= 0.3 is 0 Å². The van der Waals surface area contributed by atoms with Crippen LogP contribution in [0, 0.1) is 5.41 Å². The van der Waals surface area contributed by atoms with E-state index in [4.69, 9.17) is 0 Å². The number of para-hydroxylation sites is 2. The monoisotopic (exact) mass is 460 g/mol. The standard InChI is InChI=1S/C30H40N2O2/c1-17(2)20-13-11-14-21(18(3)4)24(20)31-26-29(7,8)23-16-12-15-22(19(5)6)25(23)32(26)28(34)30(9,10)27(31)33/h11-19,26H,1-10H3/t26-/m1/s1. The van der Waals surface area contributed by atoms with Crippen LogP contribution in [-0.4, -0.2) is 18.0 Å². The lowest BCUT2D eigenvalue weighted by molar-refractivity contribution is -0.142. The van der Waals surface area contributed by atoms with Gasteiger partial charge in [-0.3, -0.25) is 19.4 Å². The maximum absolute atomic E-state index is 14.3. The van der Waals surface area contributed by atoms with Gasteiger partial charge in [0.05, 0.1) is 11.4 Å². The van der Waals surface area contributed by atoms with Gasteiger partial charge in [0.15, 0.2) is 0 Å². The number of benzene rings is 2. The average molecular weight is 461 g/mol. The molecule has 1 atom stereocenters. The number of anilines is 2. The summed E-state index contributed by atoms with van der Waals surface area (Å²) in [7, 11) is 0.